The molecule has 2 heterocycles. The average Bonchev–Trinajstić information content (AvgIpc) is 3.16. The number of nitrogens with one attached hydrogen (secondary N) is 1. The molecule has 0 bridgehead atoms. The van der Waals surface area contributed by atoms with Gasteiger partial charge in [-0.25, -0.2) is 0 Å². The number of piperidine rings is 1. The van der Waals surface area contributed by atoms with Gasteiger partial charge in [0.05, 0.1) is 5.41 Å². The highest BCUT2D eigenvalue weighted by Gasteiger charge is 2.45. The standard InChI is InChI=1S/C23H29N3O3/c1-2-24-22(28)23(12-7-13-26(16-23)21(27)18-10-6-11-18)15-19-14-20(25-29-19)17-8-4-3-5-9-17/h3-5,8-9,14,18H,2,6-7,10-13,15-16H2,1H3,(H,24,28)/t23-/m1/s1. The van der Waals surface area contributed by atoms with Crippen molar-refractivity contribution in [2.75, 3.05) is 19.6 Å². The molecule has 1 aromatic heterocycles. The fraction of sp³-hybridized carbons (Fsp3) is 0.522. The van der Waals surface area contributed by atoms with Gasteiger partial charge >= 0.3 is 0 Å². The Morgan fingerprint density at radius 1 is 1.24 bits per heavy atom. The Morgan fingerprint density at radius 3 is 2.72 bits per heavy atom. The highest BCUT2D eigenvalue weighted by Crippen LogP contribution is 2.37. The lowest BCUT2D eigenvalue weighted by Gasteiger charge is -2.43. The third-order valence-corrected chi connectivity index (χ3v) is 6.30. The first kappa shape index (κ1) is 19.7. The molecule has 4 rings (SSSR count). The molecule has 1 N–H and O–H groups in total. The van der Waals surface area contributed by atoms with Crippen LogP contribution in [-0.4, -0.2) is 41.5 Å². The minimum absolute atomic E-state index is 0.00349. The molecule has 1 atom stereocenters. The molecular formula is C23H29N3O3. The summed E-state index contributed by atoms with van der Waals surface area (Å²) in [7, 11) is 0. The first-order valence-electron chi connectivity index (χ1n) is 10.7. The Morgan fingerprint density at radius 2 is 2.03 bits per heavy atom. The van der Waals surface area contributed by atoms with E-state index in [0.29, 0.717) is 25.3 Å². The number of amides is 2. The van der Waals surface area contributed by atoms with Gasteiger partial charge in [0.15, 0.2) is 0 Å². The predicted molar refractivity (Wildman–Crippen MR) is 110 cm³/mol. The van der Waals surface area contributed by atoms with E-state index in [4.69, 9.17) is 4.52 Å². The number of hydrogen-bond donors (Lipinski definition) is 1. The van der Waals surface area contributed by atoms with E-state index in [0.717, 1.165) is 49.9 Å². The maximum atomic E-state index is 13.1. The number of aromatic nitrogens is 1. The van der Waals surface area contributed by atoms with E-state index in [9.17, 15) is 9.59 Å². The van der Waals surface area contributed by atoms with Gasteiger partial charge in [-0.15, -0.1) is 0 Å². The fourth-order valence-electron chi connectivity index (χ4n) is 4.47. The molecule has 0 spiro atoms. The zero-order chi connectivity index (χ0) is 20.3. The number of rotatable bonds is 6. The SMILES string of the molecule is CCNC(=O)[C@@]1(Cc2cc(-c3ccccc3)no2)CCCN(C(=O)C2CCC2)C1. The Kier molecular flexibility index (Phi) is 5.69. The molecular weight excluding hydrogens is 366 g/mol. The zero-order valence-electron chi connectivity index (χ0n) is 17.0. The van der Waals surface area contributed by atoms with Crippen LogP contribution >= 0.6 is 0 Å². The second kappa shape index (κ2) is 8.39. The molecule has 6 heteroatoms. The second-order valence-electron chi connectivity index (χ2n) is 8.35. The summed E-state index contributed by atoms with van der Waals surface area (Å²) in [6.07, 6.45) is 5.11. The largest absolute Gasteiger partial charge is 0.361 e. The molecule has 2 aromatic rings. The molecule has 0 unspecified atom stereocenters. The highest BCUT2D eigenvalue weighted by atomic mass is 16.5. The van der Waals surface area contributed by atoms with Gasteiger partial charge in [0.1, 0.15) is 11.5 Å². The average molecular weight is 396 g/mol. The van der Waals surface area contributed by atoms with Crippen molar-refractivity contribution in [1.82, 2.24) is 15.4 Å². The van der Waals surface area contributed by atoms with E-state index >= 15 is 0 Å². The Hall–Kier alpha value is -2.63. The van der Waals surface area contributed by atoms with Crippen molar-refractivity contribution in [2.45, 2.75) is 45.4 Å². The molecule has 154 valence electrons. The Labute approximate surface area is 171 Å². The second-order valence-corrected chi connectivity index (χ2v) is 8.35. The minimum Gasteiger partial charge on any atom is -0.361 e. The number of carbonyl (C=O) groups is 2. The summed E-state index contributed by atoms with van der Waals surface area (Å²) in [6.45, 7) is 3.69. The van der Waals surface area contributed by atoms with Crippen molar-refractivity contribution in [3.63, 3.8) is 0 Å². The molecule has 6 nitrogen and oxygen atoms in total. The molecule has 29 heavy (non-hydrogen) atoms. The summed E-state index contributed by atoms with van der Waals surface area (Å²) in [6, 6.07) is 11.8. The van der Waals surface area contributed by atoms with E-state index in [1.165, 1.54) is 0 Å². The zero-order valence-corrected chi connectivity index (χ0v) is 17.0. The van der Waals surface area contributed by atoms with Crippen LogP contribution in [0.15, 0.2) is 40.9 Å². The van der Waals surface area contributed by atoms with Crippen LogP contribution in [0.5, 0.6) is 0 Å². The van der Waals surface area contributed by atoms with Crippen molar-refractivity contribution in [3.8, 4) is 11.3 Å². The molecule has 1 saturated heterocycles. The first-order chi connectivity index (χ1) is 14.1. The third kappa shape index (κ3) is 4.07. The van der Waals surface area contributed by atoms with Gasteiger partial charge in [-0.05, 0) is 32.6 Å². The maximum absolute atomic E-state index is 13.1. The third-order valence-electron chi connectivity index (χ3n) is 6.30. The molecule has 1 aliphatic carbocycles. The van der Waals surface area contributed by atoms with Crippen molar-refractivity contribution < 1.29 is 14.1 Å². The fourth-order valence-corrected chi connectivity index (χ4v) is 4.47. The summed E-state index contributed by atoms with van der Waals surface area (Å²) in [5.74, 6) is 1.05. The van der Waals surface area contributed by atoms with E-state index in [1.807, 2.05) is 48.2 Å². The van der Waals surface area contributed by atoms with Gasteiger partial charge < -0.3 is 14.7 Å². The van der Waals surface area contributed by atoms with Crippen molar-refractivity contribution >= 4 is 11.8 Å². The van der Waals surface area contributed by atoms with Crippen LogP contribution in [0.4, 0.5) is 0 Å². The number of nitrogens with zero attached hydrogens (tertiary/aromatic N) is 2. The molecule has 1 saturated carbocycles. The highest BCUT2D eigenvalue weighted by molar-refractivity contribution is 5.85. The van der Waals surface area contributed by atoms with Crippen LogP contribution < -0.4 is 5.32 Å². The topological polar surface area (TPSA) is 75.4 Å². The van der Waals surface area contributed by atoms with Crippen LogP contribution in [0, 0.1) is 11.3 Å². The van der Waals surface area contributed by atoms with Gasteiger partial charge in [0.2, 0.25) is 11.8 Å². The Bertz CT molecular complexity index is 859. The molecule has 1 aromatic carbocycles. The van der Waals surface area contributed by atoms with Gasteiger partial charge in [0, 0.05) is 43.6 Å². The number of carbonyl (C=O) groups excluding carboxylic acids is 2. The minimum atomic E-state index is -0.666. The van der Waals surface area contributed by atoms with E-state index in [-0.39, 0.29) is 17.7 Å². The normalized spacial score (nSPS) is 22.2. The van der Waals surface area contributed by atoms with Crippen LogP contribution in [0.25, 0.3) is 11.3 Å². The summed E-state index contributed by atoms with van der Waals surface area (Å²) in [5.41, 5.74) is 1.09. The maximum Gasteiger partial charge on any atom is 0.228 e. The lowest BCUT2D eigenvalue weighted by molar-refractivity contribution is -0.146. The molecule has 1 aliphatic heterocycles. The van der Waals surface area contributed by atoms with E-state index in [1.54, 1.807) is 0 Å². The van der Waals surface area contributed by atoms with Gasteiger partial charge in [-0.3, -0.25) is 9.59 Å². The summed E-state index contributed by atoms with van der Waals surface area (Å²) >= 11 is 0. The van der Waals surface area contributed by atoms with Crippen molar-refractivity contribution in [2.24, 2.45) is 11.3 Å². The van der Waals surface area contributed by atoms with E-state index in [2.05, 4.69) is 10.5 Å². The van der Waals surface area contributed by atoms with Crippen molar-refractivity contribution in [3.05, 3.63) is 42.2 Å². The number of likely N-dealkylation sites (tertiary alicyclic amines) is 1. The summed E-state index contributed by atoms with van der Waals surface area (Å²) in [5, 5.41) is 7.20. The van der Waals surface area contributed by atoms with Crippen LogP contribution in [0.2, 0.25) is 0 Å². The van der Waals surface area contributed by atoms with Crippen LogP contribution in [0.1, 0.15) is 44.8 Å². The van der Waals surface area contributed by atoms with Gasteiger partial charge in [-0.1, -0.05) is 41.9 Å². The molecule has 2 aliphatic rings. The molecule has 0 radical (unpaired) electrons. The quantitative estimate of drug-likeness (QED) is 0.813. The first-order valence-corrected chi connectivity index (χ1v) is 10.7. The predicted octanol–water partition coefficient (Wildman–Crippen LogP) is 3.43. The molecule has 2 fully saturated rings. The smallest absolute Gasteiger partial charge is 0.228 e. The number of hydrogen-bond acceptors (Lipinski definition) is 4. The number of benzene rings is 1. The van der Waals surface area contributed by atoms with Crippen LogP contribution in [-0.2, 0) is 16.0 Å². The van der Waals surface area contributed by atoms with Crippen LogP contribution in [0.3, 0.4) is 0 Å². The summed E-state index contributed by atoms with van der Waals surface area (Å²) in [4.78, 5) is 27.9. The van der Waals surface area contributed by atoms with Gasteiger partial charge in [-0.2, -0.15) is 0 Å². The van der Waals surface area contributed by atoms with Gasteiger partial charge in [0.25, 0.3) is 0 Å². The summed E-state index contributed by atoms with van der Waals surface area (Å²) < 4.78 is 5.62. The monoisotopic (exact) mass is 395 g/mol. The van der Waals surface area contributed by atoms with Crippen molar-refractivity contribution in [1.29, 1.82) is 0 Å². The lowest BCUT2D eigenvalue weighted by Crippen LogP contribution is -2.55. The Balaban J connectivity index is 1.56. The lowest BCUT2D eigenvalue weighted by atomic mass is 9.74. The van der Waals surface area contributed by atoms with E-state index < -0.39 is 5.41 Å². The molecule has 2 amide bonds.